The van der Waals surface area contributed by atoms with Crippen molar-refractivity contribution in [2.24, 2.45) is 5.92 Å². The molecule has 1 saturated carbocycles. The largest absolute Gasteiger partial charge is 0.481 e. The first kappa shape index (κ1) is 16.7. The first-order chi connectivity index (χ1) is 10.4. The lowest BCUT2D eigenvalue weighted by molar-refractivity contribution is -0.142. The monoisotopic (exact) mass is 376 g/mol. The second-order valence-corrected chi connectivity index (χ2v) is 6.03. The standard InChI is InChI=1S/C14H15BrF2N2O3/c15-12-10(16)5-9(6-11(12)17)19-14(22)18-8-3-1-7(2-4-8)13(20)21/h5-8H,1-4H2,(H,20,21)(H2,18,19,22). The lowest BCUT2D eigenvalue weighted by Gasteiger charge is -2.26. The zero-order valence-electron chi connectivity index (χ0n) is 11.5. The number of benzene rings is 1. The van der Waals surface area contributed by atoms with Gasteiger partial charge in [-0.2, -0.15) is 0 Å². The van der Waals surface area contributed by atoms with Crippen LogP contribution in [0.2, 0.25) is 0 Å². The zero-order chi connectivity index (χ0) is 16.3. The second-order valence-electron chi connectivity index (χ2n) is 5.24. The van der Waals surface area contributed by atoms with Crippen molar-refractivity contribution in [3.8, 4) is 0 Å². The average molecular weight is 377 g/mol. The molecule has 0 aromatic heterocycles. The molecule has 0 aliphatic heterocycles. The van der Waals surface area contributed by atoms with E-state index in [0.717, 1.165) is 12.1 Å². The van der Waals surface area contributed by atoms with Crippen LogP contribution >= 0.6 is 15.9 Å². The first-order valence-electron chi connectivity index (χ1n) is 6.81. The lowest BCUT2D eigenvalue weighted by Crippen LogP contribution is -2.41. The van der Waals surface area contributed by atoms with Crippen LogP contribution < -0.4 is 10.6 Å². The van der Waals surface area contributed by atoms with E-state index in [-0.39, 0.29) is 22.1 Å². The first-order valence-corrected chi connectivity index (χ1v) is 7.61. The Balaban J connectivity index is 1.88. The van der Waals surface area contributed by atoms with Crippen molar-refractivity contribution in [1.82, 2.24) is 5.32 Å². The van der Waals surface area contributed by atoms with Crippen LogP contribution in [0.4, 0.5) is 19.3 Å². The molecule has 1 aromatic carbocycles. The van der Waals surface area contributed by atoms with Crippen LogP contribution in [0.3, 0.4) is 0 Å². The highest BCUT2D eigenvalue weighted by atomic mass is 79.9. The van der Waals surface area contributed by atoms with E-state index in [1.807, 2.05) is 0 Å². The Bertz CT molecular complexity index is 566. The maximum atomic E-state index is 13.4. The second kappa shape index (κ2) is 7.04. The summed E-state index contributed by atoms with van der Waals surface area (Å²) in [5.74, 6) is -2.80. The molecule has 8 heteroatoms. The van der Waals surface area contributed by atoms with Crippen LogP contribution in [-0.4, -0.2) is 23.1 Å². The summed E-state index contributed by atoms with van der Waals surface area (Å²) < 4.78 is 26.4. The summed E-state index contributed by atoms with van der Waals surface area (Å²) in [6, 6.07) is 1.31. The quantitative estimate of drug-likeness (QED) is 0.706. The summed E-state index contributed by atoms with van der Waals surface area (Å²) in [5.41, 5.74) is 0.00919. The fourth-order valence-corrected chi connectivity index (χ4v) is 2.69. The Kier molecular flexibility index (Phi) is 5.33. The summed E-state index contributed by atoms with van der Waals surface area (Å²) in [4.78, 5) is 22.6. The predicted octanol–water partition coefficient (Wildman–Crippen LogP) is 3.49. The van der Waals surface area contributed by atoms with Gasteiger partial charge in [-0.1, -0.05) is 0 Å². The van der Waals surface area contributed by atoms with Gasteiger partial charge in [-0.05, 0) is 53.7 Å². The minimum Gasteiger partial charge on any atom is -0.481 e. The summed E-state index contributed by atoms with van der Waals surface area (Å²) >= 11 is 2.75. The van der Waals surface area contributed by atoms with E-state index in [1.54, 1.807) is 0 Å². The third-order valence-corrected chi connectivity index (χ3v) is 4.41. The summed E-state index contributed by atoms with van der Waals surface area (Å²) in [6.07, 6.45) is 2.13. The van der Waals surface area contributed by atoms with Crippen molar-refractivity contribution in [1.29, 1.82) is 0 Å². The number of aliphatic carboxylic acids is 1. The highest BCUT2D eigenvalue weighted by Crippen LogP contribution is 2.25. The number of rotatable bonds is 3. The molecule has 0 heterocycles. The van der Waals surface area contributed by atoms with Gasteiger partial charge in [0.25, 0.3) is 0 Å². The molecule has 2 amide bonds. The van der Waals surface area contributed by atoms with Gasteiger partial charge in [-0.25, -0.2) is 13.6 Å². The number of amides is 2. The molecule has 0 spiro atoms. The Hall–Kier alpha value is -1.70. The van der Waals surface area contributed by atoms with Crippen LogP contribution in [0.15, 0.2) is 16.6 Å². The van der Waals surface area contributed by atoms with Crippen LogP contribution in [0, 0.1) is 17.6 Å². The van der Waals surface area contributed by atoms with E-state index in [1.165, 1.54) is 0 Å². The third kappa shape index (κ3) is 4.16. The Labute approximate surface area is 134 Å². The van der Waals surface area contributed by atoms with Crippen molar-refractivity contribution >= 4 is 33.6 Å². The minimum absolute atomic E-state index is 0.00919. The average Bonchev–Trinajstić information content (AvgIpc) is 2.45. The van der Waals surface area contributed by atoms with Gasteiger partial charge < -0.3 is 15.7 Å². The van der Waals surface area contributed by atoms with Crippen LogP contribution in [0.5, 0.6) is 0 Å². The fraction of sp³-hybridized carbons (Fsp3) is 0.429. The number of nitrogens with one attached hydrogen (secondary N) is 2. The maximum Gasteiger partial charge on any atom is 0.319 e. The Morgan fingerprint density at radius 3 is 2.18 bits per heavy atom. The zero-order valence-corrected chi connectivity index (χ0v) is 13.1. The number of urea groups is 1. The van der Waals surface area contributed by atoms with Crippen molar-refractivity contribution < 1.29 is 23.5 Å². The van der Waals surface area contributed by atoms with Gasteiger partial charge in [0.2, 0.25) is 0 Å². The van der Waals surface area contributed by atoms with Crippen molar-refractivity contribution in [2.45, 2.75) is 31.7 Å². The molecular weight excluding hydrogens is 362 g/mol. The summed E-state index contributed by atoms with van der Waals surface area (Å²) in [5, 5.41) is 13.9. The number of carbonyl (C=O) groups excluding carboxylic acids is 1. The molecule has 120 valence electrons. The topological polar surface area (TPSA) is 78.4 Å². The number of anilines is 1. The number of halogens is 3. The van der Waals surface area contributed by atoms with Gasteiger partial charge >= 0.3 is 12.0 Å². The molecule has 1 aliphatic rings. The number of carboxylic acids is 1. The predicted molar refractivity (Wildman–Crippen MR) is 79.6 cm³/mol. The molecule has 1 aliphatic carbocycles. The molecule has 3 N–H and O–H groups in total. The van der Waals surface area contributed by atoms with E-state index in [9.17, 15) is 18.4 Å². The Morgan fingerprint density at radius 2 is 1.68 bits per heavy atom. The normalized spacial score (nSPS) is 21.2. The van der Waals surface area contributed by atoms with Crippen LogP contribution in [0.25, 0.3) is 0 Å². The van der Waals surface area contributed by atoms with E-state index < -0.39 is 23.6 Å². The number of carbonyl (C=O) groups is 2. The third-order valence-electron chi connectivity index (χ3n) is 3.65. The van der Waals surface area contributed by atoms with E-state index in [4.69, 9.17) is 5.11 Å². The van der Waals surface area contributed by atoms with Gasteiger partial charge in [0.15, 0.2) is 0 Å². The van der Waals surface area contributed by atoms with E-state index in [2.05, 4.69) is 26.6 Å². The number of hydrogen-bond acceptors (Lipinski definition) is 2. The van der Waals surface area contributed by atoms with Crippen LogP contribution in [-0.2, 0) is 4.79 Å². The van der Waals surface area contributed by atoms with E-state index >= 15 is 0 Å². The Morgan fingerprint density at radius 1 is 1.14 bits per heavy atom. The number of hydrogen-bond donors (Lipinski definition) is 3. The molecule has 5 nitrogen and oxygen atoms in total. The molecule has 0 radical (unpaired) electrons. The van der Waals surface area contributed by atoms with Gasteiger partial charge in [-0.15, -0.1) is 0 Å². The van der Waals surface area contributed by atoms with Gasteiger partial charge in [-0.3, -0.25) is 4.79 Å². The van der Waals surface area contributed by atoms with Gasteiger partial charge in [0.05, 0.1) is 10.4 Å². The minimum atomic E-state index is -0.816. The highest BCUT2D eigenvalue weighted by Gasteiger charge is 2.26. The van der Waals surface area contributed by atoms with Crippen molar-refractivity contribution in [2.75, 3.05) is 5.32 Å². The molecule has 0 bridgehead atoms. The van der Waals surface area contributed by atoms with Gasteiger partial charge in [0.1, 0.15) is 11.6 Å². The van der Waals surface area contributed by atoms with Crippen molar-refractivity contribution in [3.05, 3.63) is 28.2 Å². The van der Waals surface area contributed by atoms with Crippen LogP contribution in [0.1, 0.15) is 25.7 Å². The highest BCUT2D eigenvalue weighted by molar-refractivity contribution is 9.10. The molecule has 0 atom stereocenters. The summed E-state index contributed by atoms with van der Waals surface area (Å²) in [6.45, 7) is 0. The summed E-state index contributed by atoms with van der Waals surface area (Å²) in [7, 11) is 0. The SMILES string of the molecule is O=C(Nc1cc(F)c(Br)c(F)c1)NC1CCC(C(=O)O)CC1. The molecule has 0 saturated heterocycles. The molecule has 1 fully saturated rings. The smallest absolute Gasteiger partial charge is 0.319 e. The lowest BCUT2D eigenvalue weighted by atomic mass is 9.86. The maximum absolute atomic E-state index is 13.4. The molecule has 0 unspecified atom stereocenters. The molecule has 22 heavy (non-hydrogen) atoms. The fourth-order valence-electron chi connectivity index (χ4n) is 2.46. The molecular formula is C14H15BrF2N2O3. The van der Waals surface area contributed by atoms with Crippen molar-refractivity contribution in [3.63, 3.8) is 0 Å². The van der Waals surface area contributed by atoms with E-state index in [0.29, 0.717) is 25.7 Å². The van der Waals surface area contributed by atoms with Gasteiger partial charge in [0, 0.05) is 11.7 Å². The molecule has 2 rings (SSSR count). The molecule has 1 aromatic rings. The number of carboxylic acid groups (broad SMARTS) is 1.